The van der Waals surface area contributed by atoms with Gasteiger partial charge in [-0.2, -0.15) is 5.10 Å². The Morgan fingerprint density at radius 1 is 1.20 bits per heavy atom. The normalized spacial score (nSPS) is 29.5. The third kappa shape index (κ3) is 5.23. The fourth-order valence-corrected chi connectivity index (χ4v) is 6.58. The summed E-state index contributed by atoms with van der Waals surface area (Å²) in [5, 5.41) is 10.9. The lowest BCUT2D eigenvalue weighted by Gasteiger charge is -2.62. The van der Waals surface area contributed by atoms with E-state index in [4.69, 9.17) is 10.5 Å². The predicted molar refractivity (Wildman–Crippen MR) is 132 cm³/mol. The molecule has 2 unspecified atom stereocenters. The summed E-state index contributed by atoms with van der Waals surface area (Å²) < 4.78 is 7.51. The fraction of sp³-hybridized carbons (Fsp3) is 0.692. The average Bonchev–Trinajstić information content (AvgIpc) is 3.11. The van der Waals surface area contributed by atoms with E-state index in [0.717, 1.165) is 32.1 Å². The van der Waals surface area contributed by atoms with Gasteiger partial charge in [-0.15, -0.1) is 0 Å². The van der Waals surface area contributed by atoms with E-state index in [9.17, 15) is 14.4 Å². The third-order valence-electron chi connectivity index (χ3n) is 7.70. The Bertz CT molecular complexity index is 1030. The number of nitrogens with one attached hydrogen (secondary N) is 2. The van der Waals surface area contributed by atoms with Crippen molar-refractivity contribution >= 4 is 23.9 Å². The molecule has 4 aliphatic carbocycles. The first-order valence-electron chi connectivity index (χ1n) is 12.6. The summed E-state index contributed by atoms with van der Waals surface area (Å²) in [5.74, 6) is 0.902. The minimum Gasteiger partial charge on any atom is -0.477 e. The summed E-state index contributed by atoms with van der Waals surface area (Å²) in [6, 6.07) is 0. The van der Waals surface area contributed by atoms with Crippen molar-refractivity contribution in [3.63, 3.8) is 0 Å². The molecule has 1 aromatic heterocycles. The van der Waals surface area contributed by atoms with E-state index in [1.165, 1.54) is 17.3 Å². The third-order valence-corrected chi connectivity index (χ3v) is 7.70. The van der Waals surface area contributed by atoms with E-state index in [1.807, 2.05) is 13.8 Å². The van der Waals surface area contributed by atoms with Crippen molar-refractivity contribution in [3.05, 3.63) is 17.8 Å². The van der Waals surface area contributed by atoms with Crippen LogP contribution in [0.15, 0.2) is 12.3 Å². The van der Waals surface area contributed by atoms with Crippen molar-refractivity contribution in [1.82, 2.24) is 20.4 Å². The van der Waals surface area contributed by atoms with Crippen LogP contribution in [0.1, 0.15) is 83.5 Å². The topological polar surface area (TPSA) is 128 Å². The van der Waals surface area contributed by atoms with Crippen LogP contribution in [0.3, 0.4) is 0 Å². The number of nitrogens with zero attached hydrogens (tertiary/aromatic N) is 2. The van der Waals surface area contributed by atoms with Crippen molar-refractivity contribution in [1.29, 1.82) is 0 Å². The minimum atomic E-state index is -0.874. The Balaban J connectivity index is 1.59. The molecule has 4 fully saturated rings. The molecule has 3 amide bonds. The maximum Gasteiger partial charge on any atom is 0.258 e. The van der Waals surface area contributed by atoms with Crippen LogP contribution in [0.2, 0.25) is 0 Å². The zero-order valence-corrected chi connectivity index (χ0v) is 21.5. The van der Waals surface area contributed by atoms with Crippen LogP contribution in [-0.4, -0.2) is 45.2 Å². The van der Waals surface area contributed by atoms with Gasteiger partial charge in [-0.1, -0.05) is 19.9 Å². The Morgan fingerprint density at radius 3 is 2.34 bits per heavy atom. The molecule has 4 N–H and O–H groups in total. The van der Waals surface area contributed by atoms with Gasteiger partial charge in [-0.05, 0) is 70.1 Å². The molecule has 0 aromatic carbocycles. The quantitative estimate of drug-likeness (QED) is 0.495. The van der Waals surface area contributed by atoms with Crippen LogP contribution < -0.4 is 21.1 Å². The molecular weight excluding hydrogens is 446 g/mol. The van der Waals surface area contributed by atoms with E-state index in [-0.39, 0.29) is 28.8 Å². The molecule has 192 valence electrons. The minimum absolute atomic E-state index is 0.00949. The first-order chi connectivity index (χ1) is 16.3. The SMILES string of the molecule is CC(=O)NC12CC3CC(C1)CC(NC(=O)c1cnn(/C=C/C(C)(C)C(N)=O)c1OCC(C)C)(C3)C2. The van der Waals surface area contributed by atoms with Crippen molar-refractivity contribution in [2.45, 2.75) is 84.2 Å². The van der Waals surface area contributed by atoms with Crippen molar-refractivity contribution in [2.75, 3.05) is 6.61 Å². The number of amides is 3. The molecule has 1 heterocycles. The van der Waals surface area contributed by atoms with Crippen molar-refractivity contribution in [2.24, 2.45) is 28.9 Å². The second-order valence-electron chi connectivity index (χ2n) is 12.1. The molecule has 2 atom stereocenters. The Hall–Kier alpha value is -2.84. The summed E-state index contributed by atoms with van der Waals surface area (Å²) in [6.07, 6.45) is 10.5. The van der Waals surface area contributed by atoms with Gasteiger partial charge in [0.15, 0.2) is 0 Å². The van der Waals surface area contributed by atoms with Gasteiger partial charge >= 0.3 is 0 Å². The lowest BCUT2D eigenvalue weighted by Crippen LogP contribution is -2.69. The van der Waals surface area contributed by atoms with E-state index in [1.54, 1.807) is 33.0 Å². The van der Waals surface area contributed by atoms with Crippen LogP contribution >= 0.6 is 0 Å². The molecule has 0 spiro atoms. The van der Waals surface area contributed by atoms with Crippen molar-refractivity contribution in [3.8, 4) is 5.88 Å². The highest BCUT2D eigenvalue weighted by Gasteiger charge is 2.58. The molecule has 0 aliphatic heterocycles. The number of hydrogen-bond donors (Lipinski definition) is 3. The smallest absolute Gasteiger partial charge is 0.258 e. The van der Waals surface area contributed by atoms with Crippen LogP contribution in [0.4, 0.5) is 0 Å². The molecule has 4 aliphatic rings. The molecule has 1 aromatic rings. The summed E-state index contributed by atoms with van der Waals surface area (Å²) >= 11 is 0. The van der Waals surface area contributed by atoms with Gasteiger partial charge < -0.3 is 21.1 Å². The number of hydrogen-bond acceptors (Lipinski definition) is 5. The lowest BCUT2D eigenvalue weighted by molar-refractivity contribution is -0.126. The average molecular weight is 486 g/mol. The monoisotopic (exact) mass is 485 g/mol. The molecule has 0 radical (unpaired) electrons. The van der Waals surface area contributed by atoms with Gasteiger partial charge in [0.1, 0.15) is 5.56 Å². The number of rotatable bonds is 9. The highest BCUT2D eigenvalue weighted by atomic mass is 16.5. The van der Waals surface area contributed by atoms with Gasteiger partial charge in [0.05, 0.1) is 18.2 Å². The molecule has 9 heteroatoms. The standard InChI is InChI=1S/C26H39N5O4/c1-16(2)14-35-22-20(13-28-31(22)7-6-24(4,5)23(27)34)21(33)30-26-11-18-8-19(12-26)10-25(9-18,15-26)29-17(3)32/h6-7,13,16,18-19H,8-12,14-15H2,1-5H3,(H2,27,34)(H,29,32)(H,30,33)/b7-6+. The lowest BCUT2D eigenvalue weighted by atomic mass is 9.50. The van der Waals surface area contributed by atoms with Gasteiger partial charge in [0.2, 0.25) is 17.7 Å². The second kappa shape index (κ2) is 8.99. The molecule has 9 nitrogen and oxygen atoms in total. The van der Waals surface area contributed by atoms with Crippen molar-refractivity contribution < 1.29 is 19.1 Å². The van der Waals surface area contributed by atoms with Crippen LogP contribution in [0.5, 0.6) is 5.88 Å². The highest BCUT2D eigenvalue weighted by Crippen LogP contribution is 2.57. The Kier molecular flexibility index (Phi) is 6.49. The van der Waals surface area contributed by atoms with Gasteiger partial charge in [-0.3, -0.25) is 14.4 Å². The molecule has 4 bridgehead atoms. The maximum atomic E-state index is 13.6. The molecule has 35 heavy (non-hydrogen) atoms. The van der Waals surface area contributed by atoms with E-state index < -0.39 is 11.3 Å². The van der Waals surface area contributed by atoms with Gasteiger partial charge in [0.25, 0.3) is 5.91 Å². The summed E-state index contributed by atoms with van der Waals surface area (Å²) in [6.45, 7) is 9.49. The maximum absolute atomic E-state index is 13.6. The molecule has 5 rings (SSSR count). The molecule has 0 saturated heterocycles. The number of carbonyl (C=O) groups is 3. The Morgan fingerprint density at radius 2 is 1.80 bits per heavy atom. The number of nitrogens with two attached hydrogens (primary N) is 1. The Labute approximate surface area is 207 Å². The largest absolute Gasteiger partial charge is 0.477 e. The van der Waals surface area contributed by atoms with Crippen LogP contribution in [-0.2, 0) is 9.59 Å². The fourth-order valence-electron chi connectivity index (χ4n) is 6.58. The summed E-state index contributed by atoms with van der Waals surface area (Å²) in [7, 11) is 0. The van der Waals surface area contributed by atoms with Gasteiger partial charge in [0, 0.05) is 24.2 Å². The zero-order valence-electron chi connectivity index (χ0n) is 21.5. The summed E-state index contributed by atoms with van der Waals surface area (Å²) in [5.41, 5.74) is 4.40. The van der Waals surface area contributed by atoms with Gasteiger partial charge in [-0.25, -0.2) is 4.68 Å². The van der Waals surface area contributed by atoms with E-state index >= 15 is 0 Å². The predicted octanol–water partition coefficient (Wildman–Crippen LogP) is 2.86. The first kappa shape index (κ1) is 25.3. The first-order valence-corrected chi connectivity index (χ1v) is 12.6. The number of aromatic nitrogens is 2. The second-order valence-corrected chi connectivity index (χ2v) is 12.1. The van der Waals surface area contributed by atoms with Crippen LogP contribution in [0.25, 0.3) is 6.20 Å². The molecule has 4 saturated carbocycles. The number of primary amides is 1. The molecular formula is C26H39N5O4. The zero-order chi connectivity index (χ0) is 25.6. The number of ether oxygens (including phenoxy) is 1. The van der Waals surface area contributed by atoms with E-state index in [0.29, 0.717) is 29.9 Å². The van der Waals surface area contributed by atoms with E-state index in [2.05, 4.69) is 15.7 Å². The van der Waals surface area contributed by atoms with Crippen LogP contribution in [0, 0.1) is 23.2 Å². The summed E-state index contributed by atoms with van der Waals surface area (Å²) in [4.78, 5) is 37.3. The highest BCUT2D eigenvalue weighted by molar-refractivity contribution is 5.97. The number of carbonyl (C=O) groups excluding carboxylic acids is 3.